The Hall–Kier alpha value is 0.01000. The number of hydrogen-bond acceptors (Lipinski definition) is 3. The van der Waals surface area contributed by atoms with E-state index in [1.807, 2.05) is 0 Å². The van der Waals surface area contributed by atoms with E-state index in [-0.39, 0.29) is 0 Å². The third-order valence-corrected chi connectivity index (χ3v) is 1.75. The quantitative estimate of drug-likeness (QED) is 0.603. The van der Waals surface area contributed by atoms with E-state index in [0.717, 1.165) is 6.54 Å². The van der Waals surface area contributed by atoms with Gasteiger partial charge in [-0.2, -0.15) is 11.3 Å². The Morgan fingerprint density at radius 1 is 1.75 bits per heavy atom. The van der Waals surface area contributed by atoms with Gasteiger partial charge in [0.1, 0.15) is 0 Å². The Balaban J connectivity index is 2.50. The van der Waals surface area contributed by atoms with Crippen molar-refractivity contribution in [3.8, 4) is 0 Å². The molecule has 0 fully saturated rings. The Morgan fingerprint density at radius 2 is 2.62 bits per heavy atom. The summed E-state index contributed by atoms with van der Waals surface area (Å²) < 4.78 is 2.77. The minimum atomic E-state index is 0.854. The SMILES string of the molecule is SNCc1ccsc1. The van der Waals surface area contributed by atoms with Crippen LogP contribution in [0.4, 0.5) is 0 Å². The maximum atomic E-state index is 3.86. The molecule has 0 aromatic carbocycles. The van der Waals surface area contributed by atoms with Crippen LogP contribution in [-0.2, 0) is 6.54 Å². The molecule has 44 valence electrons. The molecule has 1 aromatic heterocycles. The van der Waals surface area contributed by atoms with Crippen molar-refractivity contribution in [1.29, 1.82) is 0 Å². The molecule has 0 atom stereocenters. The molecule has 0 spiro atoms. The molecule has 0 saturated heterocycles. The molecule has 0 unspecified atom stereocenters. The summed E-state index contributed by atoms with van der Waals surface area (Å²) in [5.74, 6) is 0. The van der Waals surface area contributed by atoms with Crippen molar-refractivity contribution in [2.24, 2.45) is 0 Å². The molecule has 0 aliphatic heterocycles. The molecule has 1 heterocycles. The summed E-state index contributed by atoms with van der Waals surface area (Å²) in [7, 11) is 0. The monoisotopic (exact) mass is 145 g/mol. The fraction of sp³-hybridized carbons (Fsp3) is 0.200. The smallest absolute Gasteiger partial charge is 0.0315 e. The first-order chi connectivity index (χ1) is 3.93. The second-order valence-electron chi connectivity index (χ2n) is 1.47. The van der Waals surface area contributed by atoms with Crippen LogP contribution in [0.25, 0.3) is 0 Å². The molecule has 8 heavy (non-hydrogen) atoms. The van der Waals surface area contributed by atoms with Crippen LogP contribution < -0.4 is 4.72 Å². The van der Waals surface area contributed by atoms with Crippen LogP contribution >= 0.6 is 24.2 Å². The molecule has 1 N–H and O–H groups in total. The maximum absolute atomic E-state index is 3.86. The van der Waals surface area contributed by atoms with Gasteiger partial charge in [0, 0.05) is 6.54 Å². The zero-order valence-electron chi connectivity index (χ0n) is 4.29. The fourth-order valence-electron chi connectivity index (χ4n) is 0.485. The van der Waals surface area contributed by atoms with E-state index in [0.29, 0.717) is 0 Å². The van der Waals surface area contributed by atoms with Crippen LogP contribution in [0, 0.1) is 0 Å². The summed E-state index contributed by atoms with van der Waals surface area (Å²) in [5, 5.41) is 4.16. The minimum Gasteiger partial charge on any atom is -0.262 e. The number of thiol groups is 1. The number of thiophene rings is 1. The lowest BCUT2D eigenvalue weighted by Crippen LogP contribution is -1.95. The summed E-state index contributed by atoms with van der Waals surface area (Å²) >= 11 is 5.57. The van der Waals surface area contributed by atoms with Crippen molar-refractivity contribution in [3.63, 3.8) is 0 Å². The van der Waals surface area contributed by atoms with Gasteiger partial charge in [-0.05, 0) is 22.4 Å². The van der Waals surface area contributed by atoms with Crippen LogP contribution in [0.2, 0.25) is 0 Å². The first kappa shape index (κ1) is 6.13. The molecule has 0 aliphatic carbocycles. The van der Waals surface area contributed by atoms with Crippen LogP contribution in [0.5, 0.6) is 0 Å². The highest BCUT2D eigenvalue weighted by molar-refractivity contribution is 7.78. The highest BCUT2D eigenvalue weighted by Gasteiger charge is 1.86. The summed E-state index contributed by atoms with van der Waals surface area (Å²) in [6.07, 6.45) is 0. The summed E-state index contributed by atoms with van der Waals surface area (Å²) in [6.45, 7) is 0.854. The minimum absolute atomic E-state index is 0.854. The van der Waals surface area contributed by atoms with Crippen molar-refractivity contribution < 1.29 is 0 Å². The van der Waals surface area contributed by atoms with Crippen molar-refractivity contribution in [2.75, 3.05) is 0 Å². The predicted molar refractivity (Wildman–Crippen MR) is 40.1 cm³/mol. The molecule has 0 saturated carbocycles. The first-order valence-corrected chi connectivity index (χ1v) is 3.70. The Labute approximate surface area is 58.3 Å². The van der Waals surface area contributed by atoms with Crippen LogP contribution in [0.1, 0.15) is 5.56 Å². The fourth-order valence-corrected chi connectivity index (χ4v) is 1.34. The van der Waals surface area contributed by atoms with Gasteiger partial charge < -0.3 is 0 Å². The topological polar surface area (TPSA) is 12.0 Å². The van der Waals surface area contributed by atoms with E-state index in [1.165, 1.54) is 5.56 Å². The normalized spacial score (nSPS) is 9.62. The Kier molecular flexibility index (Phi) is 2.39. The van der Waals surface area contributed by atoms with Gasteiger partial charge in [0.15, 0.2) is 0 Å². The number of rotatable bonds is 2. The zero-order valence-corrected chi connectivity index (χ0v) is 6.01. The second-order valence-corrected chi connectivity index (χ2v) is 2.56. The molecule has 0 aliphatic rings. The lowest BCUT2D eigenvalue weighted by molar-refractivity contribution is 0.993. The van der Waals surface area contributed by atoms with Gasteiger partial charge >= 0.3 is 0 Å². The van der Waals surface area contributed by atoms with E-state index in [4.69, 9.17) is 0 Å². The molecular formula is C5H7NS2. The summed E-state index contributed by atoms with van der Waals surface area (Å²) in [6, 6.07) is 2.08. The molecule has 1 rings (SSSR count). The van der Waals surface area contributed by atoms with Crippen LogP contribution in [0.3, 0.4) is 0 Å². The Bertz CT molecular complexity index is 136. The van der Waals surface area contributed by atoms with E-state index < -0.39 is 0 Å². The van der Waals surface area contributed by atoms with Crippen molar-refractivity contribution in [2.45, 2.75) is 6.54 Å². The highest BCUT2D eigenvalue weighted by Crippen LogP contribution is 2.04. The van der Waals surface area contributed by atoms with E-state index in [2.05, 4.69) is 34.4 Å². The van der Waals surface area contributed by atoms with E-state index in [1.54, 1.807) is 11.3 Å². The number of hydrogen-bond donors (Lipinski definition) is 2. The van der Waals surface area contributed by atoms with Crippen molar-refractivity contribution in [3.05, 3.63) is 22.4 Å². The summed E-state index contributed by atoms with van der Waals surface area (Å²) in [4.78, 5) is 0. The van der Waals surface area contributed by atoms with Crippen molar-refractivity contribution >= 4 is 24.2 Å². The number of nitrogens with one attached hydrogen (secondary N) is 1. The van der Waals surface area contributed by atoms with Gasteiger partial charge in [0.25, 0.3) is 0 Å². The molecule has 0 bridgehead atoms. The molecule has 0 radical (unpaired) electrons. The highest BCUT2D eigenvalue weighted by atomic mass is 32.1. The van der Waals surface area contributed by atoms with E-state index >= 15 is 0 Å². The summed E-state index contributed by atoms with van der Waals surface area (Å²) in [5.41, 5.74) is 1.30. The maximum Gasteiger partial charge on any atom is 0.0315 e. The van der Waals surface area contributed by atoms with Gasteiger partial charge in [-0.1, -0.05) is 12.8 Å². The van der Waals surface area contributed by atoms with Crippen LogP contribution in [0.15, 0.2) is 16.8 Å². The predicted octanol–water partition coefficient (Wildman–Crippen LogP) is 1.68. The third-order valence-electron chi connectivity index (χ3n) is 0.863. The van der Waals surface area contributed by atoms with Gasteiger partial charge in [-0.3, -0.25) is 4.72 Å². The van der Waals surface area contributed by atoms with Gasteiger partial charge in [-0.15, -0.1) is 0 Å². The molecule has 1 nitrogen and oxygen atoms in total. The average molecular weight is 145 g/mol. The lowest BCUT2D eigenvalue weighted by atomic mass is 10.4. The zero-order chi connectivity index (χ0) is 5.82. The lowest BCUT2D eigenvalue weighted by Gasteiger charge is -1.88. The van der Waals surface area contributed by atoms with E-state index in [9.17, 15) is 0 Å². The van der Waals surface area contributed by atoms with Gasteiger partial charge in [0.05, 0.1) is 0 Å². The molecular weight excluding hydrogens is 138 g/mol. The Morgan fingerprint density at radius 3 is 3.12 bits per heavy atom. The molecule has 3 heteroatoms. The van der Waals surface area contributed by atoms with Crippen LogP contribution in [-0.4, -0.2) is 0 Å². The largest absolute Gasteiger partial charge is 0.262 e. The second kappa shape index (κ2) is 3.12. The third kappa shape index (κ3) is 1.51. The van der Waals surface area contributed by atoms with Gasteiger partial charge in [-0.25, -0.2) is 0 Å². The van der Waals surface area contributed by atoms with Gasteiger partial charge in [0.2, 0.25) is 0 Å². The average Bonchev–Trinajstić information content (AvgIpc) is 2.19. The molecule has 1 aromatic rings. The standard InChI is InChI=1S/C5H7NS2/c7-6-3-5-1-2-8-4-5/h1-2,4,6-7H,3H2. The first-order valence-electron chi connectivity index (χ1n) is 2.31. The molecule has 0 amide bonds. The van der Waals surface area contributed by atoms with Crippen molar-refractivity contribution in [1.82, 2.24) is 4.72 Å².